The topological polar surface area (TPSA) is 47.3 Å². The summed E-state index contributed by atoms with van der Waals surface area (Å²) in [5.74, 6) is 0.0352. The van der Waals surface area contributed by atoms with Gasteiger partial charge in [-0.05, 0) is 27.1 Å². The summed E-state index contributed by atoms with van der Waals surface area (Å²) < 4.78 is 0. The molecule has 0 atom stereocenters. The first kappa shape index (κ1) is 13.9. The van der Waals surface area contributed by atoms with Gasteiger partial charge in [0, 0.05) is 12.5 Å². The minimum Gasteiger partial charge on any atom is -0.329 e. The number of nitriles is 1. The standard InChI is InChI=1S/C11H21N3O/c1-10(2)11(15)14(9-6-12)8-5-7-13(3)4/h10H,5,7-9H2,1-4H3. The molecule has 0 bridgehead atoms. The van der Waals surface area contributed by atoms with Crippen LogP contribution in [-0.4, -0.2) is 49.4 Å². The Morgan fingerprint density at radius 1 is 1.33 bits per heavy atom. The zero-order valence-electron chi connectivity index (χ0n) is 10.2. The van der Waals surface area contributed by atoms with Gasteiger partial charge >= 0.3 is 0 Å². The third-order valence-corrected chi connectivity index (χ3v) is 2.10. The molecule has 0 rings (SSSR count). The lowest BCUT2D eigenvalue weighted by Crippen LogP contribution is -2.36. The second kappa shape index (κ2) is 7.24. The Balaban J connectivity index is 4.06. The quantitative estimate of drug-likeness (QED) is 0.614. The Kier molecular flexibility index (Phi) is 6.72. The first-order valence-electron chi connectivity index (χ1n) is 5.29. The summed E-state index contributed by atoms with van der Waals surface area (Å²) in [4.78, 5) is 15.4. The summed E-state index contributed by atoms with van der Waals surface area (Å²) in [5.41, 5.74) is 0. The lowest BCUT2D eigenvalue weighted by Gasteiger charge is -2.22. The van der Waals surface area contributed by atoms with Crippen LogP contribution in [0.2, 0.25) is 0 Å². The van der Waals surface area contributed by atoms with E-state index in [9.17, 15) is 4.79 Å². The van der Waals surface area contributed by atoms with Gasteiger partial charge in [-0.3, -0.25) is 4.79 Å². The van der Waals surface area contributed by atoms with Gasteiger partial charge in [0.15, 0.2) is 0 Å². The molecule has 0 aliphatic rings. The molecule has 0 saturated heterocycles. The molecule has 0 radical (unpaired) electrons. The zero-order valence-corrected chi connectivity index (χ0v) is 10.2. The Labute approximate surface area is 92.5 Å². The van der Waals surface area contributed by atoms with Crippen molar-refractivity contribution in [1.29, 1.82) is 5.26 Å². The van der Waals surface area contributed by atoms with Crippen molar-refractivity contribution in [2.45, 2.75) is 20.3 Å². The molecule has 4 heteroatoms. The van der Waals surface area contributed by atoms with Crippen molar-refractivity contribution < 1.29 is 4.79 Å². The van der Waals surface area contributed by atoms with Crippen molar-refractivity contribution in [3.8, 4) is 6.07 Å². The van der Waals surface area contributed by atoms with E-state index in [1.54, 1.807) is 4.90 Å². The minimum absolute atomic E-state index is 0.0299. The number of carbonyl (C=O) groups is 1. The third kappa shape index (κ3) is 6.08. The molecule has 0 unspecified atom stereocenters. The summed E-state index contributed by atoms with van der Waals surface area (Å²) in [6.07, 6.45) is 0.910. The lowest BCUT2D eigenvalue weighted by atomic mass is 10.2. The van der Waals surface area contributed by atoms with Crippen LogP contribution >= 0.6 is 0 Å². The highest BCUT2D eigenvalue weighted by Crippen LogP contribution is 2.02. The van der Waals surface area contributed by atoms with Crippen molar-refractivity contribution in [2.24, 2.45) is 5.92 Å². The van der Waals surface area contributed by atoms with Gasteiger partial charge in [0.05, 0.1) is 6.07 Å². The number of carbonyl (C=O) groups excluding carboxylic acids is 1. The molecular formula is C11H21N3O. The van der Waals surface area contributed by atoms with Crippen molar-refractivity contribution in [1.82, 2.24) is 9.80 Å². The SMILES string of the molecule is CC(C)C(=O)N(CC#N)CCCN(C)C. The summed E-state index contributed by atoms with van der Waals surface area (Å²) in [7, 11) is 4.00. The Morgan fingerprint density at radius 3 is 2.33 bits per heavy atom. The maximum Gasteiger partial charge on any atom is 0.225 e. The molecule has 0 aromatic rings. The molecule has 0 aliphatic heterocycles. The molecule has 0 aromatic heterocycles. The highest BCUT2D eigenvalue weighted by molar-refractivity contribution is 5.78. The predicted octanol–water partition coefficient (Wildman–Crippen LogP) is 0.946. The van der Waals surface area contributed by atoms with Gasteiger partial charge < -0.3 is 9.80 Å². The zero-order chi connectivity index (χ0) is 11.8. The molecule has 86 valence electrons. The predicted molar refractivity (Wildman–Crippen MR) is 60.2 cm³/mol. The van der Waals surface area contributed by atoms with Gasteiger partial charge in [-0.1, -0.05) is 13.8 Å². The van der Waals surface area contributed by atoms with Crippen LogP contribution in [0, 0.1) is 17.2 Å². The monoisotopic (exact) mass is 211 g/mol. The van der Waals surface area contributed by atoms with E-state index < -0.39 is 0 Å². The second-order valence-corrected chi connectivity index (χ2v) is 4.23. The minimum atomic E-state index is -0.0299. The second-order valence-electron chi connectivity index (χ2n) is 4.23. The maximum atomic E-state index is 11.7. The van der Waals surface area contributed by atoms with E-state index in [1.165, 1.54) is 0 Å². The van der Waals surface area contributed by atoms with Crippen LogP contribution in [0.4, 0.5) is 0 Å². The number of nitrogens with zero attached hydrogens (tertiary/aromatic N) is 3. The lowest BCUT2D eigenvalue weighted by molar-refractivity contribution is -0.133. The van der Waals surface area contributed by atoms with Gasteiger partial charge in [0.2, 0.25) is 5.91 Å². The largest absolute Gasteiger partial charge is 0.329 e. The van der Waals surface area contributed by atoms with Gasteiger partial charge in [-0.15, -0.1) is 0 Å². The first-order valence-corrected chi connectivity index (χ1v) is 5.29. The molecule has 0 spiro atoms. The van der Waals surface area contributed by atoms with Crippen LogP contribution in [-0.2, 0) is 4.79 Å². The molecule has 0 fully saturated rings. The van der Waals surface area contributed by atoms with Crippen molar-refractivity contribution in [3.63, 3.8) is 0 Å². The molecule has 0 heterocycles. The number of hydrogen-bond acceptors (Lipinski definition) is 3. The Hall–Kier alpha value is -1.08. The van der Waals surface area contributed by atoms with Crippen molar-refractivity contribution in [2.75, 3.05) is 33.7 Å². The third-order valence-electron chi connectivity index (χ3n) is 2.10. The average molecular weight is 211 g/mol. The van der Waals surface area contributed by atoms with E-state index in [-0.39, 0.29) is 18.4 Å². The van der Waals surface area contributed by atoms with Gasteiger partial charge in [-0.2, -0.15) is 5.26 Å². The molecular weight excluding hydrogens is 190 g/mol. The van der Waals surface area contributed by atoms with Gasteiger partial charge in [0.1, 0.15) is 6.54 Å². The van der Waals surface area contributed by atoms with Crippen LogP contribution in [0.15, 0.2) is 0 Å². The van der Waals surface area contributed by atoms with E-state index in [0.29, 0.717) is 6.54 Å². The van der Waals surface area contributed by atoms with E-state index in [4.69, 9.17) is 5.26 Å². The van der Waals surface area contributed by atoms with Crippen molar-refractivity contribution in [3.05, 3.63) is 0 Å². The van der Waals surface area contributed by atoms with Crippen LogP contribution < -0.4 is 0 Å². The number of amides is 1. The average Bonchev–Trinajstić information content (AvgIpc) is 2.14. The van der Waals surface area contributed by atoms with Crippen LogP contribution in [0.5, 0.6) is 0 Å². The maximum absolute atomic E-state index is 11.7. The van der Waals surface area contributed by atoms with E-state index in [1.807, 2.05) is 34.0 Å². The van der Waals surface area contributed by atoms with Crippen LogP contribution in [0.25, 0.3) is 0 Å². The molecule has 0 saturated carbocycles. The molecule has 0 aromatic carbocycles. The Bertz CT molecular complexity index is 230. The van der Waals surface area contributed by atoms with Crippen LogP contribution in [0.1, 0.15) is 20.3 Å². The van der Waals surface area contributed by atoms with E-state index in [0.717, 1.165) is 13.0 Å². The summed E-state index contributed by atoms with van der Waals surface area (Å²) in [5, 5.41) is 8.62. The highest BCUT2D eigenvalue weighted by Gasteiger charge is 2.15. The normalized spacial score (nSPS) is 10.5. The summed E-state index contributed by atoms with van der Waals surface area (Å²) in [6.45, 7) is 5.53. The van der Waals surface area contributed by atoms with Gasteiger partial charge in [0.25, 0.3) is 0 Å². The summed E-state index contributed by atoms with van der Waals surface area (Å²) in [6, 6.07) is 2.03. The molecule has 1 amide bonds. The fourth-order valence-electron chi connectivity index (χ4n) is 1.30. The molecule has 4 nitrogen and oxygen atoms in total. The van der Waals surface area contributed by atoms with Gasteiger partial charge in [-0.25, -0.2) is 0 Å². The fourth-order valence-corrected chi connectivity index (χ4v) is 1.30. The Morgan fingerprint density at radius 2 is 1.93 bits per heavy atom. The molecule has 0 aliphatic carbocycles. The first-order chi connectivity index (χ1) is 6.99. The smallest absolute Gasteiger partial charge is 0.225 e. The van der Waals surface area contributed by atoms with E-state index in [2.05, 4.69) is 4.90 Å². The number of rotatable bonds is 6. The highest BCUT2D eigenvalue weighted by atomic mass is 16.2. The van der Waals surface area contributed by atoms with Crippen molar-refractivity contribution >= 4 is 5.91 Å². The van der Waals surface area contributed by atoms with E-state index >= 15 is 0 Å². The molecule has 0 N–H and O–H groups in total. The van der Waals surface area contributed by atoms with Crippen LogP contribution in [0.3, 0.4) is 0 Å². The fraction of sp³-hybridized carbons (Fsp3) is 0.818. The summed E-state index contributed by atoms with van der Waals surface area (Å²) >= 11 is 0. The number of hydrogen-bond donors (Lipinski definition) is 0. The molecule has 15 heavy (non-hydrogen) atoms.